The van der Waals surface area contributed by atoms with Crippen molar-refractivity contribution >= 4 is 5.91 Å². The lowest BCUT2D eigenvalue weighted by Crippen LogP contribution is -2.37. The third-order valence-corrected chi connectivity index (χ3v) is 2.94. The fourth-order valence-electron chi connectivity index (χ4n) is 1.93. The van der Waals surface area contributed by atoms with E-state index in [9.17, 15) is 4.79 Å². The molecule has 3 heteroatoms. The van der Waals surface area contributed by atoms with E-state index in [4.69, 9.17) is 0 Å². The van der Waals surface area contributed by atoms with Gasteiger partial charge < -0.3 is 10.6 Å². The highest BCUT2D eigenvalue weighted by molar-refractivity contribution is 5.76. The first kappa shape index (κ1) is 11.5. The van der Waals surface area contributed by atoms with Crippen LogP contribution in [0.2, 0.25) is 0 Å². The number of hydrogen-bond donors (Lipinski definition) is 2. The van der Waals surface area contributed by atoms with Gasteiger partial charge in [-0.1, -0.05) is 13.8 Å². The van der Waals surface area contributed by atoms with Crippen molar-refractivity contribution in [3.05, 3.63) is 0 Å². The molecule has 0 aromatic carbocycles. The molecule has 0 saturated carbocycles. The molecule has 0 aromatic heterocycles. The van der Waals surface area contributed by atoms with Gasteiger partial charge in [0.1, 0.15) is 0 Å². The van der Waals surface area contributed by atoms with E-state index < -0.39 is 0 Å². The summed E-state index contributed by atoms with van der Waals surface area (Å²) in [6.45, 7) is 5.30. The van der Waals surface area contributed by atoms with Crippen molar-refractivity contribution < 1.29 is 4.79 Å². The third kappa shape index (κ3) is 3.66. The van der Waals surface area contributed by atoms with Crippen LogP contribution in [0.4, 0.5) is 0 Å². The number of nitrogens with one attached hydrogen (secondary N) is 2. The average molecular weight is 198 g/mol. The molecule has 0 spiro atoms. The second-order valence-electron chi connectivity index (χ2n) is 4.08. The van der Waals surface area contributed by atoms with E-state index in [1.165, 1.54) is 6.42 Å². The van der Waals surface area contributed by atoms with Crippen LogP contribution in [0.1, 0.15) is 46.0 Å². The average Bonchev–Trinajstić information content (AvgIpc) is 2.66. The number of amides is 1. The van der Waals surface area contributed by atoms with Crippen LogP contribution < -0.4 is 10.6 Å². The first-order valence-electron chi connectivity index (χ1n) is 5.79. The molecule has 3 nitrogen and oxygen atoms in total. The van der Waals surface area contributed by atoms with E-state index in [2.05, 4.69) is 24.5 Å². The van der Waals surface area contributed by atoms with Crippen LogP contribution in [-0.2, 0) is 4.79 Å². The second-order valence-corrected chi connectivity index (χ2v) is 4.08. The molecule has 1 fully saturated rings. The molecule has 1 aliphatic heterocycles. The summed E-state index contributed by atoms with van der Waals surface area (Å²) in [6, 6.07) is 0.785. The second kappa shape index (κ2) is 6.02. The van der Waals surface area contributed by atoms with Gasteiger partial charge in [-0.15, -0.1) is 0 Å². The summed E-state index contributed by atoms with van der Waals surface area (Å²) in [6.07, 6.45) is 5.07. The largest absolute Gasteiger partial charge is 0.353 e. The highest BCUT2D eigenvalue weighted by atomic mass is 16.1. The molecule has 1 amide bonds. The Morgan fingerprint density at radius 2 is 2.21 bits per heavy atom. The van der Waals surface area contributed by atoms with Gasteiger partial charge in [-0.05, 0) is 32.2 Å². The predicted octanol–water partition coefficient (Wildman–Crippen LogP) is 1.43. The van der Waals surface area contributed by atoms with Crippen LogP contribution in [0, 0.1) is 0 Å². The highest BCUT2D eigenvalue weighted by Gasteiger charge is 2.18. The quantitative estimate of drug-likeness (QED) is 0.701. The molecule has 1 rings (SSSR count). The van der Waals surface area contributed by atoms with Crippen LogP contribution in [0.5, 0.6) is 0 Å². The van der Waals surface area contributed by atoms with Crippen molar-refractivity contribution in [3.63, 3.8) is 0 Å². The predicted molar refractivity (Wildman–Crippen MR) is 58.2 cm³/mol. The molecule has 1 unspecified atom stereocenters. The molecule has 0 bridgehead atoms. The Kier molecular flexibility index (Phi) is 4.94. The van der Waals surface area contributed by atoms with Gasteiger partial charge in [0.05, 0.1) is 0 Å². The zero-order valence-electron chi connectivity index (χ0n) is 9.31. The first-order valence-corrected chi connectivity index (χ1v) is 5.79. The molecule has 0 aliphatic carbocycles. The summed E-state index contributed by atoms with van der Waals surface area (Å²) in [5.74, 6) is 0.207. The fourth-order valence-corrected chi connectivity index (χ4v) is 1.93. The molecular formula is C11H22N2O. The summed E-state index contributed by atoms with van der Waals surface area (Å²) in [7, 11) is 0. The van der Waals surface area contributed by atoms with Crippen molar-refractivity contribution in [2.45, 2.75) is 58.0 Å². The lowest BCUT2D eigenvalue weighted by Gasteiger charge is -2.16. The number of rotatable bonds is 5. The zero-order chi connectivity index (χ0) is 10.4. The van der Waals surface area contributed by atoms with Crippen molar-refractivity contribution in [2.24, 2.45) is 0 Å². The summed E-state index contributed by atoms with van der Waals surface area (Å²) < 4.78 is 0. The fraction of sp³-hybridized carbons (Fsp3) is 0.909. The molecule has 1 atom stereocenters. The van der Waals surface area contributed by atoms with Crippen molar-refractivity contribution in [3.8, 4) is 0 Å². The number of carbonyl (C=O) groups excluding carboxylic acids is 1. The van der Waals surface area contributed by atoms with Gasteiger partial charge >= 0.3 is 0 Å². The van der Waals surface area contributed by atoms with Crippen LogP contribution in [0.15, 0.2) is 0 Å². The van der Waals surface area contributed by atoms with Crippen molar-refractivity contribution in [2.75, 3.05) is 6.54 Å². The highest BCUT2D eigenvalue weighted by Crippen LogP contribution is 2.08. The van der Waals surface area contributed by atoms with Crippen LogP contribution in [0.25, 0.3) is 0 Å². The van der Waals surface area contributed by atoms with Gasteiger partial charge in [0.25, 0.3) is 0 Å². The van der Waals surface area contributed by atoms with Gasteiger partial charge in [-0.2, -0.15) is 0 Å². The van der Waals surface area contributed by atoms with E-state index >= 15 is 0 Å². The van der Waals surface area contributed by atoms with Gasteiger partial charge in [-0.3, -0.25) is 4.79 Å². The maximum Gasteiger partial charge on any atom is 0.221 e. The van der Waals surface area contributed by atoms with Gasteiger partial charge in [-0.25, -0.2) is 0 Å². The van der Waals surface area contributed by atoms with E-state index in [-0.39, 0.29) is 5.91 Å². The molecule has 1 aliphatic rings. The Morgan fingerprint density at radius 1 is 1.50 bits per heavy atom. The Balaban J connectivity index is 2.20. The Morgan fingerprint density at radius 3 is 2.71 bits per heavy atom. The molecular weight excluding hydrogens is 176 g/mol. The third-order valence-electron chi connectivity index (χ3n) is 2.94. The lowest BCUT2D eigenvalue weighted by molar-refractivity contribution is -0.122. The molecule has 0 aromatic rings. The first-order chi connectivity index (χ1) is 6.76. The van der Waals surface area contributed by atoms with Gasteiger partial charge in [0.15, 0.2) is 0 Å². The minimum Gasteiger partial charge on any atom is -0.353 e. The van der Waals surface area contributed by atoms with E-state index in [0.29, 0.717) is 18.5 Å². The van der Waals surface area contributed by atoms with Crippen molar-refractivity contribution in [1.82, 2.24) is 10.6 Å². The van der Waals surface area contributed by atoms with Gasteiger partial charge in [0.2, 0.25) is 5.91 Å². The molecule has 1 heterocycles. The number of carbonyl (C=O) groups is 1. The van der Waals surface area contributed by atoms with Crippen LogP contribution in [-0.4, -0.2) is 24.5 Å². The molecule has 1 saturated heterocycles. The lowest BCUT2D eigenvalue weighted by atomic mass is 10.1. The van der Waals surface area contributed by atoms with Crippen molar-refractivity contribution in [1.29, 1.82) is 0 Å². The van der Waals surface area contributed by atoms with Gasteiger partial charge in [0, 0.05) is 18.5 Å². The van der Waals surface area contributed by atoms with E-state index in [0.717, 1.165) is 25.8 Å². The normalized spacial score (nSPS) is 21.5. The summed E-state index contributed by atoms with van der Waals surface area (Å²) in [5.41, 5.74) is 0. The topological polar surface area (TPSA) is 41.1 Å². The Bertz CT molecular complexity index is 166. The van der Waals surface area contributed by atoms with E-state index in [1.807, 2.05) is 0 Å². The molecule has 2 N–H and O–H groups in total. The monoisotopic (exact) mass is 198 g/mol. The van der Waals surface area contributed by atoms with Crippen LogP contribution >= 0.6 is 0 Å². The summed E-state index contributed by atoms with van der Waals surface area (Å²) in [5, 5.41) is 6.40. The summed E-state index contributed by atoms with van der Waals surface area (Å²) in [4.78, 5) is 11.6. The zero-order valence-corrected chi connectivity index (χ0v) is 9.31. The Labute approximate surface area is 86.6 Å². The molecule has 82 valence electrons. The maximum atomic E-state index is 11.6. The van der Waals surface area contributed by atoms with E-state index in [1.54, 1.807) is 0 Å². The maximum absolute atomic E-state index is 11.6. The minimum atomic E-state index is 0.207. The Hall–Kier alpha value is -0.570. The minimum absolute atomic E-state index is 0.207. The SMILES string of the molecule is CCC(CC)NC(=O)CC1CCCN1. The molecule has 0 radical (unpaired) electrons. The molecule has 14 heavy (non-hydrogen) atoms. The summed E-state index contributed by atoms with van der Waals surface area (Å²) >= 11 is 0. The number of hydrogen-bond acceptors (Lipinski definition) is 2. The smallest absolute Gasteiger partial charge is 0.221 e. The van der Waals surface area contributed by atoms with Crippen LogP contribution in [0.3, 0.4) is 0 Å². The standard InChI is InChI=1S/C11H22N2O/c1-3-9(4-2)13-11(14)8-10-6-5-7-12-10/h9-10,12H,3-8H2,1-2H3,(H,13,14).